The minimum Gasteiger partial charge on any atom is -0.303 e. The van der Waals surface area contributed by atoms with E-state index in [1.54, 1.807) is 5.43 Å². The lowest BCUT2D eigenvalue weighted by Crippen LogP contribution is -2.56. The van der Waals surface area contributed by atoms with E-state index in [0.29, 0.717) is 0 Å². The maximum Gasteiger partial charge on any atom is 0.479 e. The van der Waals surface area contributed by atoms with Crippen molar-refractivity contribution in [2.24, 2.45) is 11.6 Å². The average molecular weight is 165 g/mol. The molecular weight excluding hydrogens is 158 g/mol. The highest BCUT2D eigenvalue weighted by Gasteiger charge is 2.39. The fourth-order valence-corrected chi connectivity index (χ4v) is 0.425. The Morgan fingerprint density at radius 2 is 1.64 bits per heavy atom. The number of rotatable bonds is 4. The van der Waals surface area contributed by atoms with Gasteiger partial charge < -0.3 is 5.73 Å². The van der Waals surface area contributed by atoms with E-state index in [1.165, 1.54) is 0 Å². The Balaban J connectivity index is 4.34. The highest BCUT2D eigenvalue weighted by molar-refractivity contribution is 4.55. The Hall–Kier alpha value is -1.32. The van der Waals surface area contributed by atoms with Crippen molar-refractivity contribution >= 4 is 0 Å². The summed E-state index contributed by atoms with van der Waals surface area (Å²) in [5, 5.41) is 19.9. The molecule has 1 unspecified atom stereocenters. The summed E-state index contributed by atoms with van der Waals surface area (Å²) in [5.41, 5.74) is 6.62. The minimum atomic E-state index is -2.11. The largest absolute Gasteiger partial charge is 0.479 e. The van der Waals surface area contributed by atoms with Crippen molar-refractivity contribution in [3.63, 3.8) is 0 Å². The van der Waals surface area contributed by atoms with Crippen molar-refractivity contribution in [3.8, 4) is 0 Å². The molecule has 0 bridgehead atoms. The number of nitro groups is 2. The van der Waals surface area contributed by atoms with E-state index in [0.717, 1.165) is 0 Å². The van der Waals surface area contributed by atoms with Gasteiger partial charge in [0.15, 0.2) is 0 Å². The van der Waals surface area contributed by atoms with Crippen molar-refractivity contribution in [1.29, 1.82) is 0 Å². The summed E-state index contributed by atoms with van der Waals surface area (Å²) < 4.78 is 0. The molecule has 0 amide bonds. The molecule has 0 heterocycles. The van der Waals surface area contributed by atoms with Crippen molar-refractivity contribution in [2.45, 2.75) is 12.3 Å². The second-order valence-corrected chi connectivity index (χ2v) is 1.68. The SMILES string of the molecule is NNC(N)C([N+](=O)[O-])[N+](=O)[O-]. The quantitative estimate of drug-likeness (QED) is 0.182. The van der Waals surface area contributed by atoms with E-state index in [9.17, 15) is 20.2 Å². The van der Waals surface area contributed by atoms with Gasteiger partial charge in [0.2, 0.25) is 6.17 Å². The lowest BCUT2D eigenvalue weighted by atomic mass is 10.4. The molecule has 0 aromatic heterocycles. The zero-order chi connectivity index (χ0) is 9.02. The van der Waals surface area contributed by atoms with E-state index >= 15 is 0 Å². The molecule has 0 saturated carbocycles. The number of hydrazine groups is 1. The third-order valence-corrected chi connectivity index (χ3v) is 0.946. The molecule has 0 radical (unpaired) electrons. The monoisotopic (exact) mass is 165 g/mol. The molecule has 0 fully saturated rings. The summed E-state index contributed by atoms with van der Waals surface area (Å²) >= 11 is 0. The van der Waals surface area contributed by atoms with Crippen LogP contribution in [0.1, 0.15) is 0 Å². The van der Waals surface area contributed by atoms with Gasteiger partial charge in [-0.1, -0.05) is 0 Å². The highest BCUT2D eigenvalue weighted by Crippen LogP contribution is 1.92. The maximum atomic E-state index is 9.93. The van der Waals surface area contributed by atoms with Crippen molar-refractivity contribution in [1.82, 2.24) is 5.43 Å². The van der Waals surface area contributed by atoms with Gasteiger partial charge in [-0.2, -0.15) is 0 Å². The molecule has 0 saturated heterocycles. The molecule has 0 aliphatic heterocycles. The van der Waals surface area contributed by atoms with Crippen LogP contribution in [-0.4, -0.2) is 22.2 Å². The van der Waals surface area contributed by atoms with Crippen LogP contribution in [0.25, 0.3) is 0 Å². The van der Waals surface area contributed by atoms with Crippen LogP contribution in [-0.2, 0) is 0 Å². The molecule has 0 aromatic rings. The predicted octanol–water partition coefficient (Wildman–Crippen LogP) is -2.39. The van der Waals surface area contributed by atoms with Crippen LogP contribution in [0.15, 0.2) is 0 Å². The molecule has 9 nitrogen and oxygen atoms in total. The summed E-state index contributed by atoms with van der Waals surface area (Å²) in [5.74, 6) is 4.66. The van der Waals surface area contributed by atoms with Gasteiger partial charge in [0.1, 0.15) is 0 Å². The van der Waals surface area contributed by atoms with Crippen molar-refractivity contribution in [2.75, 3.05) is 0 Å². The molecule has 0 aromatic carbocycles. The second-order valence-electron chi connectivity index (χ2n) is 1.68. The topological polar surface area (TPSA) is 150 Å². The van der Waals surface area contributed by atoms with Gasteiger partial charge in [-0.05, 0) is 0 Å². The van der Waals surface area contributed by atoms with Gasteiger partial charge >= 0.3 is 6.17 Å². The molecule has 64 valence electrons. The van der Waals surface area contributed by atoms with Gasteiger partial charge in [0.05, 0.1) is 9.85 Å². The Kier molecular flexibility index (Phi) is 3.30. The fraction of sp³-hybridized carbons (Fsp3) is 1.00. The molecule has 0 aliphatic carbocycles. The first kappa shape index (κ1) is 9.68. The molecule has 0 aliphatic rings. The lowest BCUT2D eigenvalue weighted by molar-refractivity contribution is -0.745. The first-order chi connectivity index (χ1) is 5.00. The summed E-state index contributed by atoms with van der Waals surface area (Å²) in [4.78, 5) is 17.6. The smallest absolute Gasteiger partial charge is 0.303 e. The van der Waals surface area contributed by atoms with Crippen LogP contribution in [0.2, 0.25) is 0 Å². The Labute approximate surface area is 60.6 Å². The van der Waals surface area contributed by atoms with Crippen LogP contribution in [0.4, 0.5) is 0 Å². The summed E-state index contributed by atoms with van der Waals surface area (Å²) in [6.07, 6.45) is -3.60. The molecule has 0 rings (SSSR count). The van der Waals surface area contributed by atoms with E-state index in [4.69, 9.17) is 5.73 Å². The minimum absolute atomic E-state index is 1.12. The maximum absolute atomic E-state index is 9.93. The first-order valence-electron chi connectivity index (χ1n) is 2.49. The Morgan fingerprint density at radius 1 is 1.27 bits per heavy atom. The normalized spacial score (nSPS) is 13.0. The van der Waals surface area contributed by atoms with Gasteiger partial charge in [0.25, 0.3) is 0 Å². The number of hydrogen-bond acceptors (Lipinski definition) is 7. The van der Waals surface area contributed by atoms with Crippen LogP contribution in [0, 0.1) is 20.2 Å². The van der Waals surface area contributed by atoms with E-state index in [1.807, 2.05) is 0 Å². The predicted molar refractivity (Wildman–Crippen MR) is 33.1 cm³/mol. The van der Waals surface area contributed by atoms with Gasteiger partial charge in [-0.3, -0.25) is 26.1 Å². The highest BCUT2D eigenvalue weighted by atomic mass is 16.7. The van der Waals surface area contributed by atoms with E-state index in [-0.39, 0.29) is 0 Å². The number of hydrogen-bond donors (Lipinski definition) is 3. The standard InChI is InChI=1S/C2H7N5O4/c3-1(5-4)2(6(8)9)7(10)11/h1-2,5H,3-4H2. The van der Waals surface area contributed by atoms with Gasteiger partial charge in [-0.25, -0.2) is 5.43 Å². The van der Waals surface area contributed by atoms with Gasteiger partial charge in [-0.15, -0.1) is 0 Å². The zero-order valence-corrected chi connectivity index (χ0v) is 5.34. The van der Waals surface area contributed by atoms with E-state index in [2.05, 4.69) is 5.84 Å². The van der Waals surface area contributed by atoms with E-state index < -0.39 is 22.2 Å². The van der Waals surface area contributed by atoms with Crippen LogP contribution in [0.3, 0.4) is 0 Å². The molecule has 5 N–H and O–H groups in total. The summed E-state index contributed by atoms with van der Waals surface area (Å²) in [7, 11) is 0. The molecule has 0 spiro atoms. The van der Waals surface area contributed by atoms with Crippen molar-refractivity contribution in [3.05, 3.63) is 20.2 Å². The fourth-order valence-electron chi connectivity index (χ4n) is 0.425. The van der Waals surface area contributed by atoms with Crippen LogP contribution < -0.4 is 17.0 Å². The molecular formula is C2H7N5O4. The third kappa shape index (κ3) is 2.41. The Bertz CT molecular complexity index is 156. The molecule has 11 heavy (non-hydrogen) atoms. The average Bonchev–Trinajstić information content (AvgIpc) is 1.85. The summed E-state index contributed by atoms with van der Waals surface area (Å²) in [6, 6.07) is 0. The van der Waals surface area contributed by atoms with Crippen LogP contribution in [0.5, 0.6) is 0 Å². The lowest BCUT2D eigenvalue weighted by Gasteiger charge is -2.07. The third-order valence-electron chi connectivity index (χ3n) is 0.946. The molecule has 9 heteroatoms. The van der Waals surface area contributed by atoms with Crippen molar-refractivity contribution < 1.29 is 9.85 Å². The van der Waals surface area contributed by atoms with Crippen LogP contribution >= 0.6 is 0 Å². The number of nitrogens with two attached hydrogens (primary N) is 2. The Morgan fingerprint density at radius 3 is 1.73 bits per heavy atom. The molecule has 1 atom stereocenters. The second kappa shape index (κ2) is 3.75. The number of nitrogens with zero attached hydrogens (tertiary/aromatic N) is 2. The van der Waals surface area contributed by atoms with Gasteiger partial charge in [0, 0.05) is 0 Å². The first-order valence-corrected chi connectivity index (χ1v) is 2.49. The summed E-state index contributed by atoms with van der Waals surface area (Å²) in [6.45, 7) is 0. The number of nitrogens with one attached hydrogen (secondary N) is 1. The zero-order valence-electron chi connectivity index (χ0n) is 5.34.